The van der Waals surface area contributed by atoms with Crippen molar-refractivity contribution in [3.63, 3.8) is 0 Å². The minimum absolute atomic E-state index is 0.149. The average Bonchev–Trinajstić information content (AvgIpc) is 2.68. The fraction of sp³-hybridized carbons (Fsp3) is 0.391. The molecule has 1 atom stereocenters. The molecule has 0 heterocycles. The number of allylic oxidation sites excluding steroid dienone is 4. The molecule has 1 aliphatic carbocycles. The number of rotatable bonds is 7. The molecule has 30 heavy (non-hydrogen) atoms. The number of anilines is 1. The van der Waals surface area contributed by atoms with Crippen LogP contribution in [-0.4, -0.2) is 23.6 Å². The molecule has 1 aliphatic rings. The predicted octanol–water partition coefficient (Wildman–Crippen LogP) is 4.93. The Morgan fingerprint density at radius 2 is 2.03 bits per heavy atom. The molecular formula is C23H29ClN2O4. The Morgan fingerprint density at radius 3 is 2.70 bits per heavy atom. The number of halogens is 1. The van der Waals surface area contributed by atoms with Gasteiger partial charge in [-0.3, -0.25) is 14.8 Å². The topological polar surface area (TPSA) is 87.7 Å². The fourth-order valence-corrected chi connectivity index (χ4v) is 2.96. The van der Waals surface area contributed by atoms with Crippen molar-refractivity contribution in [1.82, 2.24) is 5.48 Å². The number of nitrogens with one attached hydrogen (secondary N) is 2. The van der Waals surface area contributed by atoms with E-state index in [1.165, 1.54) is 0 Å². The Balaban J connectivity index is 1.97. The van der Waals surface area contributed by atoms with Gasteiger partial charge in [0.15, 0.2) is 0 Å². The molecule has 0 spiro atoms. The summed E-state index contributed by atoms with van der Waals surface area (Å²) in [6.45, 7) is 7.75. The van der Waals surface area contributed by atoms with Gasteiger partial charge in [0.25, 0.3) is 5.91 Å². The lowest BCUT2D eigenvalue weighted by Gasteiger charge is -2.30. The lowest BCUT2D eigenvalue weighted by molar-refractivity contribution is -0.137. The summed E-state index contributed by atoms with van der Waals surface area (Å²) in [4.78, 5) is 24.3. The van der Waals surface area contributed by atoms with Gasteiger partial charge in [0.05, 0.1) is 6.61 Å². The van der Waals surface area contributed by atoms with Gasteiger partial charge in [0.1, 0.15) is 5.76 Å². The first-order valence-corrected chi connectivity index (χ1v) is 10.2. The van der Waals surface area contributed by atoms with Crippen LogP contribution in [0.5, 0.6) is 0 Å². The molecule has 1 unspecified atom stereocenters. The number of benzene rings is 1. The summed E-state index contributed by atoms with van der Waals surface area (Å²) >= 11 is 6.03. The summed E-state index contributed by atoms with van der Waals surface area (Å²) in [5.74, 6) is -0.333. The smallest absolute Gasteiger partial charge is 0.251 e. The molecule has 0 aliphatic heterocycles. The molecule has 0 radical (unpaired) electrons. The Labute approximate surface area is 182 Å². The van der Waals surface area contributed by atoms with Gasteiger partial charge in [-0.05, 0) is 55.7 Å². The van der Waals surface area contributed by atoms with Crippen LogP contribution in [0.4, 0.5) is 5.69 Å². The third kappa shape index (κ3) is 6.47. The van der Waals surface area contributed by atoms with E-state index in [4.69, 9.17) is 21.5 Å². The highest BCUT2D eigenvalue weighted by molar-refractivity contribution is 6.31. The Kier molecular flexibility index (Phi) is 8.26. The number of hydroxylamine groups is 1. The third-order valence-corrected chi connectivity index (χ3v) is 5.72. The van der Waals surface area contributed by atoms with Crippen molar-refractivity contribution >= 4 is 29.1 Å². The summed E-state index contributed by atoms with van der Waals surface area (Å²) in [5.41, 5.74) is 3.50. The molecule has 0 fully saturated rings. The quantitative estimate of drug-likeness (QED) is 0.421. The molecule has 162 valence electrons. The number of ether oxygens (including phenoxy) is 1. The van der Waals surface area contributed by atoms with Gasteiger partial charge >= 0.3 is 0 Å². The van der Waals surface area contributed by atoms with Crippen LogP contribution >= 0.6 is 11.6 Å². The lowest BCUT2D eigenvalue weighted by Crippen LogP contribution is -2.38. The van der Waals surface area contributed by atoms with Crippen LogP contribution in [-0.2, 0) is 14.3 Å². The van der Waals surface area contributed by atoms with Crippen LogP contribution in [0.25, 0.3) is 0 Å². The molecule has 0 saturated carbocycles. The van der Waals surface area contributed by atoms with Crippen molar-refractivity contribution in [2.45, 2.75) is 40.5 Å². The zero-order valence-electron chi connectivity index (χ0n) is 17.8. The summed E-state index contributed by atoms with van der Waals surface area (Å²) in [6, 6.07) is 5.38. The standard InChI is InChI=1S/C23H29ClN2O4/c1-15-13-18(11-12-20(15)24)25-22(28)17-7-5-9-19(10-6-8-17)30-14-23(3,4)16(2)21(27)26-29/h5,8-13,16,29H,6-7,14H2,1-4H3,(H,25,28)(H,26,27)/b9-5-,17-8+,19-10+. The van der Waals surface area contributed by atoms with E-state index in [9.17, 15) is 9.59 Å². The minimum atomic E-state index is -0.471. The average molecular weight is 433 g/mol. The lowest BCUT2D eigenvalue weighted by atomic mass is 9.80. The van der Waals surface area contributed by atoms with Gasteiger partial charge in [-0.25, -0.2) is 5.48 Å². The summed E-state index contributed by atoms with van der Waals surface area (Å²) in [5, 5.41) is 12.4. The number of hydrogen-bond donors (Lipinski definition) is 3. The molecule has 0 aromatic heterocycles. The molecule has 7 heteroatoms. The maximum Gasteiger partial charge on any atom is 0.251 e. The van der Waals surface area contributed by atoms with Crippen molar-refractivity contribution in [2.75, 3.05) is 11.9 Å². The SMILES string of the molecule is Cc1cc(NC(=O)/C2=C/C/C=C(OCC(C)(C)C(C)C(=O)NO)\C=C/C2)ccc1Cl. The van der Waals surface area contributed by atoms with Crippen LogP contribution in [0.1, 0.15) is 39.2 Å². The van der Waals surface area contributed by atoms with Gasteiger partial charge in [-0.15, -0.1) is 0 Å². The molecule has 1 aromatic rings. The molecule has 0 bridgehead atoms. The van der Waals surface area contributed by atoms with Crippen molar-refractivity contribution in [3.8, 4) is 0 Å². The number of carbonyl (C=O) groups excluding carboxylic acids is 2. The highest BCUT2D eigenvalue weighted by atomic mass is 35.5. The molecule has 0 saturated heterocycles. The van der Waals surface area contributed by atoms with Crippen molar-refractivity contribution < 1.29 is 19.5 Å². The zero-order valence-corrected chi connectivity index (χ0v) is 18.5. The van der Waals surface area contributed by atoms with Crippen LogP contribution < -0.4 is 10.8 Å². The molecule has 1 aromatic carbocycles. The van der Waals surface area contributed by atoms with E-state index in [1.807, 2.05) is 51.1 Å². The summed E-state index contributed by atoms with van der Waals surface area (Å²) < 4.78 is 5.89. The van der Waals surface area contributed by atoms with Crippen LogP contribution in [0.3, 0.4) is 0 Å². The predicted molar refractivity (Wildman–Crippen MR) is 118 cm³/mol. The van der Waals surface area contributed by atoms with E-state index in [0.717, 1.165) is 5.56 Å². The highest BCUT2D eigenvalue weighted by Gasteiger charge is 2.32. The minimum Gasteiger partial charge on any atom is -0.493 e. The summed E-state index contributed by atoms with van der Waals surface area (Å²) in [6.07, 6.45) is 8.50. The van der Waals surface area contributed by atoms with Gasteiger partial charge < -0.3 is 10.1 Å². The Bertz CT molecular complexity index is 887. The zero-order chi connectivity index (χ0) is 22.3. The second-order valence-corrected chi connectivity index (χ2v) is 8.48. The van der Waals surface area contributed by atoms with Crippen LogP contribution in [0.2, 0.25) is 5.02 Å². The van der Waals surface area contributed by atoms with Crippen molar-refractivity contribution in [2.24, 2.45) is 11.3 Å². The number of amides is 2. The molecule has 6 nitrogen and oxygen atoms in total. The third-order valence-electron chi connectivity index (χ3n) is 5.30. The monoisotopic (exact) mass is 432 g/mol. The van der Waals surface area contributed by atoms with Crippen molar-refractivity contribution in [3.05, 3.63) is 64.4 Å². The van der Waals surface area contributed by atoms with Gasteiger partial charge in [0, 0.05) is 27.6 Å². The first-order chi connectivity index (χ1) is 14.1. The second-order valence-electron chi connectivity index (χ2n) is 8.07. The van der Waals surface area contributed by atoms with E-state index in [2.05, 4.69) is 5.32 Å². The fourth-order valence-electron chi connectivity index (χ4n) is 2.84. The highest BCUT2D eigenvalue weighted by Crippen LogP contribution is 2.28. The van der Waals surface area contributed by atoms with Gasteiger partial charge in [-0.1, -0.05) is 44.5 Å². The maximum atomic E-state index is 12.6. The van der Waals surface area contributed by atoms with E-state index in [-0.39, 0.29) is 5.91 Å². The van der Waals surface area contributed by atoms with Crippen molar-refractivity contribution in [1.29, 1.82) is 0 Å². The number of carbonyl (C=O) groups is 2. The first-order valence-electron chi connectivity index (χ1n) is 9.84. The van der Waals surface area contributed by atoms with E-state index in [1.54, 1.807) is 24.5 Å². The Morgan fingerprint density at radius 1 is 1.30 bits per heavy atom. The largest absolute Gasteiger partial charge is 0.493 e. The number of aryl methyl sites for hydroxylation is 1. The maximum absolute atomic E-state index is 12.6. The van der Waals surface area contributed by atoms with Gasteiger partial charge in [-0.2, -0.15) is 0 Å². The molecule has 2 amide bonds. The van der Waals surface area contributed by atoms with E-state index >= 15 is 0 Å². The second kappa shape index (κ2) is 10.5. The van der Waals surface area contributed by atoms with E-state index in [0.29, 0.717) is 41.5 Å². The molecular weight excluding hydrogens is 404 g/mol. The van der Waals surface area contributed by atoms with E-state index < -0.39 is 17.2 Å². The molecule has 2 rings (SSSR count). The van der Waals surface area contributed by atoms with Crippen LogP contribution in [0, 0.1) is 18.3 Å². The normalized spacial score (nSPS) is 19.8. The van der Waals surface area contributed by atoms with Gasteiger partial charge in [0.2, 0.25) is 5.91 Å². The number of hydrogen-bond acceptors (Lipinski definition) is 4. The Hall–Kier alpha value is -2.57. The van der Waals surface area contributed by atoms with Crippen LogP contribution in [0.15, 0.2) is 53.8 Å². The summed E-state index contributed by atoms with van der Waals surface area (Å²) in [7, 11) is 0. The first kappa shape index (κ1) is 23.7. The molecule has 3 N–H and O–H groups in total.